The predicted octanol–water partition coefficient (Wildman–Crippen LogP) is 1.89. The van der Waals surface area contributed by atoms with E-state index in [4.69, 9.17) is 5.26 Å². The number of esters is 1. The molecule has 5 heteroatoms. The molecule has 0 aromatic rings. The van der Waals surface area contributed by atoms with Gasteiger partial charge in [-0.15, -0.1) is 0 Å². The number of piperazine rings is 1. The van der Waals surface area contributed by atoms with E-state index in [1.165, 1.54) is 7.11 Å². The highest BCUT2D eigenvalue weighted by Crippen LogP contribution is 2.21. The standard InChI is InChI=1S/C16H29N3O2/c1-16(2,14-17)7-4-5-8-18-10-12-19(13-11-18)9-6-15(20)21-3/h4-13H2,1-3H3. The Morgan fingerprint density at radius 2 is 1.71 bits per heavy atom. The van der Waals surface area contributed by atoms with Gasteiger partial charge in [0.2, 0.25) is 0 Å². The molecular weight excluding hydrogens is 266 g/mol. The maximum Gasteiger partial charge on any atom is 0.306 e. The molecule has 1 rings (SSSR count). The molecule has 0 N–H and O–H groups in total. The molecule has 0 saturated carbocycles. The molecular formula is C16H29N3O2. The van der Waals surface area contributed by atoms with Crippen LogP contribution in [0.4, 0.5) is 0 Å². The molecule has 0 radical (unpaired) electrons. The van der Waals surface area contributed by atoms with Crippen molar-refractivity contribution in [1.82, 2.24) is 9.80 Å². The largest absolute Gasteiger partial charge is 0.469 e. The molecule has 0 aliphatic carbocycles. The average Bonchev–Trinajstić information content (AvgIpc) is 2.50. The minimum absolute atomic E-state index is 0.127. The van der Waals surface area contributed by atoms with Gasteiger partial charge in [-0.3, -0.25) is 4.79 Å². The van der Waals surface area contributed by atoms with Crippen LogP contribution < -0.4 is 0 Å². The quantitative estimate of drug-likeness (QED) is 0.505. The van der Waals surface area contributed by atoms with Crippen LogP contribution in [0.25, 0.3) is 0 Å². The first kappa shape index (κ1) is 17.9. The van der Waals surface area contributed by atoms with Crippen molar-refractivity contribution in [3.8, 4) is 6.07 Å². The van der Waals surface area contributed by atoms with E-state index in [2.05, 4.69) is 20.6 Å². The number of ether oxygens (including phenoxy) is 1. The maximum absolute atomic E-state index is 11.1. The van der Waals surface area contributed by atoms with Crippen LogP contribution >= 0.6 is 0 Å². The minimum atomic E-state index is -0.188. The van der Waals surface area contributed by atoms with Gasteiger partial charge < -0.3 is 14.5 Å². The molecule has 0 amide bonds. The Morgan fingerprint density at radius 3 is 2.24 bits per heavy atom. The van der Waals surface area contributed by atoms with Crippen molar-refractivity contribution in [2.24, 2.45) is 5.41 Å². The molecule has 21 heavy (non-hydrogen) atoms. The zero-order valence-corrected chi connectivity index (χ0v) is 13.7. The van der Waals surface area contributed by atoms with Gasteiger partial charge >= 0.3 is 5.97 Å². The van der Waals surface area contributed by atoms with Gasteiger partial charge in [-0.2, -0.15) is 5.26 Å². The van der Waals surface area contributed by atoms with Crippen LogP contribution in [0, 0.1) is 16.7 Å². The first-order valence-corrected chi connectivity index (χ1v) is 7.89. The third kappa shape index (κ3) is 7.45. The second kappa shape index (κ2) is 9.01. The van der Waals surface area contributed by atoms with Crippen molar-refractivity contribution >= 4 is 5.97 Å². The van der Waals surface area contributed by atoms with Crippen LogP contribution in [0.15, 0.2) is 0 Å². The van der Waals surface area contributed by atoms with E-state index in [-0.39, 0.29) is 11.4 Å². The molecule has 1 saturated heterocycles. The van der Waals surface area contributed by atoms with E-state index >= 15 is 0 Å². The van der Waals surface area contributed by atoms with Crippen molar-refractivity contribution in [3.05, 3.63) is 0 Å². The van der Waals surface area contributed by atoms with Crippen LogP contribution in [-0.4, -0.2) is 62.1 Å². The minimum Gasteiger partial charge on any atom is -0.469 e. The Labute approximate surface area is 128 Å². The van der Waals surface area contributed by atoms with E-state index in [9.17, 15) is 4.79 Å². The van der Waals surface area contributed by atoms with Gasteiger partial charge in [0, 0.05) is 32.7 Å². The molecule has 5 nitrogen and oxygen atoms in total. The average molecular weight is 295 g/mol. The number of carbonyl (C=O) groups excluding carboxylic acids is 1. The first-order valence-electron chi connectivity index (χ1n) is 7.89. The number of rotatable bonds is 8. The molecule has 0 unspecified atom stereocenters. The Morgan fingerprint density at radius 1 is 1.14 bits per heavy atom. The van der Waals surface area contributed by atoms with E-state index in [1.54, 1.807) is 0 Å². The Balaban J connectivity index is 2.08. The molecule has 0 atom stereocenters. The fraction of sp³-hybridized carbons (Fsp3) is 0.875. The van der Waals surface area contributed by atoms with Gasteiger partial charge in [0.05, 0.1) is 25.0 Å². The maximum atomic E-state index is 11.1. The van der Waals surface area contributed by atoms with Gasteiger partial charge in [0.15, 0.2) is 0 Å². The molecule has 0 bridgehead atoms. The lowest BCUT2D eigenvalue weighted by molar-refractivity contribution is -0.141. The van der Waals surface area contributed by atoms with Crippen LogP contribution in [-0.2, 0) is 9.53 Å². The third-order valence-electron chi connectivity index (χ3n) is 4.15. The lowest BCUT2D eigenvalue weighted by Gasteiger charge is -2.34. The summed E-state index contributed by atoms with van der Waals surface area (Å²) >= 11 is 0. The summed E-state index contributed by atoms with van der Waals surface area (Å²) < 4.78 is 4.67. The normalized spacial score (nSPS) is 17.4. The summed E-state index contributed by atoms with van der Waals surface area (Å²) in [5, 5.41) is 8.98. The van der Waals surface area contributed by atoms with E-state index in [1.807, 2.05) is 13.8 Å². The summed E-state index contributed by atoms with van der Waals surface area (Å²) in [5.74, 6) is -0.127. The van der Waals surface area contributed by atoms with Crippen LogP contribution in [0.3, 0.4) is 0 Å². The zero-order valence-electron chi connectivity index (χ0n) is 13.7. The van der Waals surface area contributed by atoms with Crippen molar-refractivity contribution < 1.29 is 9.53 Å². The zero-order chi connectivity index (χ0) is 15.7. The van der Waals surface area contributed by atoms with E-state index in [0.29, 0.717) is 6.42 Å². The number of nitriles is 1. The summed E-state index contributed by atoms with van der Waals surface area (Å²) in [6.07, 6.45) is 3.73. The molecule has 1 aliphatic rings. The van der Waals surface area contributed by atoms with Crippen LogP contribution in [0.2, 0.25) is 0 Å². The number of unbranched alkanes of at least 4 members (excludes halogenated alkanes) is 1. The van der Waals surface area contributed by atoms with Crippen molar-refractivity contribution in [2.45, 2.75) is 39.5 Å². The van der Waals surface area contributed by atoms with Crippen molar-refractivity contribution in [2.75, 3.05) is 46.4 Å². The first-order chi connectivity index (χ1) is 9.96. The fourth-order valence-corrected chi connectivity index (χ4v) is 2.55. The molecule has 1 aliphatic heterocycles. The van der Waals surface area contributed by atoms with Crippen molar-refractivity contribution in [1.29, 1.82) is 5.26 Å². The molecule has 1 fully saturated rings. The number of hydrogen-bond donors (Lipinski definition) is 0. The second-order valence-electron chi connectivity index (χ2n) is 6.46. The Kier molecular flexibility index (Phi) is 7.69. The number of nitrogens with zero attached hydrogens (tertiary/aromatic N) is 3. The smallest absolute Gasteiger partial charge is 0.306 e. The van der Waals surface area contributed by atoms with Gasteiger partial charge in [-0.1, -0.05) is 6.42 Å². The van der Waals surface area contributed by atoms with Gasteiger partial charge in [0.25, 0.3) is 0 Å². The molecule has 0 aromatic heterocycles. The summed E-state index contributed by atoms with van der Waals surface area (Å²) in [6, 6.07) is 2.36. The third-order valence-corrected chi connectivity index (χ3v) is 4.15. The summed E-state index contributed by atoms with van der Waals surface area (Å²) in [7, 11) is 1.44. The van der Waals surface area contributed by atoms with Gasteiger partial charge in [0.1, 0.15) is 0 Å². The molecule has 0 spiro atoms. The molecule has 1 heterocycles. The van der Waals surface area contributed by atoms with Gasteiger partial charge in [-0.25, -0.2) is 0 Å². The molecule has 0 aromatic carbocycles. The monoisotopic (exact) mass is 295 g/mol. The number of methoxy groups -OCH3 is 1. The predicted molar refractivity (Wildman–Crippen MR) is 82.8 cm³/mol. The van der Waals surface area contributed by atoms with Crippen molar-refractivity contribution in [3.63, 3.8) is 0 Å². The number of carbonyl (C=O) groups is 1. The number of hydrogen-bond acceptors (Lipinski definition) is 5. The summed E-state index contributed by atoms with van der Waals surface area (Å²) in [6.45, 7) is 10.1. The Hall–Kier alpha value is -1.12. The lowest BCUT2D eigenvalue weighted by Crippen LogP contribution is -2.47. The van der Waals surface area contributed by atoms with E-state index < -0.39 is 0 Å². The highest BCUT2D eigenvalue weighted by atomic mass is 16.5. The summed E-state index contributed by atoms with van der Waals surface area (Å²) in [4.78, 5) is 15.9. The van der Waals surface area contributed by atoms with Gasteiger partial charge in [-0.05, 0) is 33.2 Å². The highest BCUT2D eigenvalue weighted by molar-refractivity contribution is 5.69. The SMILES string of the molecule is COC(=O)CCN1CCN(CCCCC(C)(C)C#N)CC1. The summed E-state index contributed by atoms with van der Waals surface area (Å²) in [5.41, 5.74) is -0.188. The second-order valence-corrected chi connectivity index (χ2v) is 6.46. The van der Waals surface area contributed by atoms with Crippen LogP contribution in [0.1, 0.15) is 39.5 Å². The Bertz CT molecular complexity index is 355. The topological polar surface area (TPSA) is 56.6 Å². The molecule has 120 valence electrons. The lowest BCUT2D eigenvalue weighted by atomic mass is 9.89. The van der Waals surface area contributed by atoms with E-state index in [0.717, 1.165) is 58.5 Å². The van der Waals surface area contributed by atoms with Crippen LogP contribution in [0.5, 0.6) is 0 Å². The fourth-order valence-electron chi connectivity index (χ4n) is 2.55. The highest BCUT2D eigenvalue weighted by Gasteiger charge is 2.18.